The Morgan fingerprint density at radius 3 is 2.79 bits per heavy atom. The molecule has 5 nitrogen and oxygen atoms in total. The van der Waals surface area contributed by atoms with Crippen molar-refractivity contribution in [3.05, 3.63) is 35.4 Å². The fourth-order valence-corrected chi connectivity index (χ4v) is 3.52. The number of amides is 2. The van der Waals surface area contributed by atoms with Crippen LogP contribution < -0.4 is 10.6 Å². The lowest BCUT2D eigenvalue weighted by molar-refractivity contribution is 0.105. The first kappa shape index (κ1) is 17.2. The lowest BCUT2D eigenvalue weighted by Crippen LogP contribution is -2.45. The van der Waals surface area contributed by atoms with Crippen LogP contribution >= 0.6 is 0 Å². The van der Waals surface area contributed by atoms with Crippen LogP contribution in [0.5, 0.6) is 0 Å². The number of nitrogens with zero attached hydrogens (tertiary/aromatic N) is 1. The van der Waals surface area contributed by atoms with E-state index < -0.39 is 6.10 Å². The lowest BCUT2D eigenvalue weighted by Gasteiger charge is -2.30. The second kappa shape index (κ2) is 8.49. The van der Waals surface area contributed by atoms with E-state index in [-0.39, 0.29) is 6.03 Å². The minimum atomic E-state index is -0.535. The van der Waals surface area contributed by atoms with Gasteiger partial charge in [-0.2, -0.15) is 0 Å². The Labute approximate surface area is 144 Å². The third kappa shape index (κ3) is 4.95. The number of nitrogens with one attached hydrogen (secondary N) is 2. The van der Waals surface area contributed by atoms with E-state index >= 15 is 0 Å². The molecule has 1 fully saturated rings. The number of hydrogen-bond acceptors (Lipinski definition) is 3. The van der Waals surface area contributed by atoms with E-state index in [0.29, 0.717) is 13.1 Å². The van der Waals surface area contributed by atoms with Gasteiger partial charge in [0.15, 0.2) is 0 Å². The van der Waals surface area contributed by atoms with E-state index in [9.17, 15) is 9.90 Å². The van der Waals surface area contributed by atoms with Crippen molar-refractivity contribution in [2.75, 3.05) is 26.2 Å². The van der Waals surface area contributed by atoms with E-state index in [1.54, 1.807) is 0 Å². The quantitative estimate of drug-likeness (QED) is 0.715. The molecule has 132 valence electrons. The predicted molar refractivity (Wildman–Crippen MR) is 94.8 cm³/mol. The van der Waals surface area contributed by atoms with Crippen molar-refractivity contribution in [1.29, 1.82) is 0 Å². The van der Waals surface area contributed by atoms with Crippen LogP contribution in [-0.4, -0.2) is 48.3 Å². The van der Waals surface area contributed by atoms with Crippen LogP contribution in [0, 0.1) is 5.92 Å². The summed E-state index contributed by atoms with van der Waals surface area (Å²) in [6.07, 6.45) is 5.51. The molecule has 1 aliphatic heterocycles. The first-order valence-electron chi connectivity index (χ1n) is 9.19. The van der Waals surface area contributed by atoms with Crippen molar-refractivity contribution in [3.63, 3.8) is 0 Å². The SMILES string of the molecule is O=C(NCCC1CCC1)NCC(O)CN1CCc2ccccc2C1. The molecule has 24 heavy (non-hydrogen) atoms. The second-order valence-electron chi connectivity index (χ2n) is 7.13. The minimum Gasteiger partial charge on any atom is -0.390 e. The number of hydrogen-bond donors (Lipinski definition) is 3. The summed E-state index contributed by atoms with van der Waals surface area (Å²) in [7, 11) is 0. The number of aliphatic hydroxyl groups excluding tert-OH is 1. The van der Waals surface area contributed by atoms with Crippen molar-refractivity contribution >= 4 is 6.03 Å². The number of rotatable bonds is 7. The standard InChI is InChI=1S/C19H29N3O2/c23-18(12-21-19(24)20-10-8-15-4-3-5-15)14-22-11-9-16-6-1-2-7-17(16)13-22/h1-2,6-7,15,18,23H,3-5,8-14H2,(H2,20,21,24). The molecular weight excluding hydrogens is 302 g/mol. The van der Waals surface area contributed by atoms with Crippen molar-refractivity contribution in [2.45, 2.75) is 44.8 Å². The van der Waals surface area contributed by atoms with Crippen LogP contribution in [0.2, 0.25) is 0 Å². The highest BCUT2D eigenvalue weighted by Crippen LogP contribution is 2.28. The first-order valence-corrected chi connectivity index (χ1v) is 9.19. The molecule has 1 aliphatic carbocycles. The van der Waals surface area contributed by atoms with Gasteiger partial charge < -0.3 is 15.7 Å². The number of carbonyl (C=O) groups excluding carboxylic acids is 1. The predicted octanol–water partition coefficient (Wildman–Crippen LogP) is 1.89. The number of aliphatic hydroxyl groups is 1. The zero-order chi connectivity index (χ0) is 16.8. The lowest BCUT2D eigenvalue weighted by atomic mass is 9.83. The van der Waals surface area contributed by atoms with Crippen LogP contribution in [0.1, 0.15) is 36.8 Å². The maximum atomic E-state index is 11.7. The molecule has 0 bridgehead atoms. The second-order valence-corrected chi connectivity index (χ2v) is 7.13. The summed E-state index contributed by atoms with van der Waals surface area (Å²) in [5.74, 6) is 0.804. The summed E-state index contributed by atoms with van der Waals surface area (Å²) < 4.78 is 0. The van der Waals surface area contributed by atoms with Crippen molar-refractivity contribution in [2.24, 2.45) is 5.92 Å². The molecule has 0 aromatic heterocycles. The largest absolute Gasteiger partial charge is 0.390 e. The molecule has 0 spiro atoms. The smallest absolute Gasteiger partial charge is 0.314 e. The fourth-order valence-electron chi connectivity index (χ4n) is 3.52. The van der Waals surface area contributed by atoms with E-state index in [0.717, 1.165) is 38.4 Å². The van der Waals surface area contributed by atoms with Gasteiger partial charge in [-0.1, -0.05) is 43.5 Å². The molecule has 2 aliphatic rings. The van der Waals surface area contributed by atoms with Crippen LogP contribution in [0.3, 0.4) is 0 Å². The zero-order valence-corrected chi connectivity index (χ0v) is 14.3. The van der Waals surface area contributed by atoms with Gasteiger partial charge in [0.2, 0.25) is 0 Å². The molecular formula is C19H29N3O2. The summed E-state index contributed by atoms with van der Waals surface area (Å²) in [6, 6.07) is 8.31. The molecule has 1 atom stereocenters. The summed E-state index contributed by atoms with van der Waals surface area (Å²) >= 11 is 0. The maximum Gasteiger partial charge on any atom is 0.314 e. The number of β-amino-alcohol motifs (C(OH)–C–C–N with tert-alkyl or cyclic N) is 1. The van der Waals surface area contributed by atoms with Gasteiger partial charge in [0.05, 0.1) is 6.10 Å². The third-order valence-electron chi connectivity index (χ3n) is 5.24. The molecule has 1 saturated carbocycles. The molecule has 5 heteroatoms. The molecule has 2 amide bonds. The van der Waals surface area contributed by atoms with Crippen LogP contribution in [0.4, 0.5) is 4.79 Å². The molecule has 1 unspecified atom stereocenters. The van der Waals surface area contributed by atoms with Gasteiger partial charge in [-0.15, -0.1) is 0 Å². The monoisotopic (exact) mass is 331 g/mol. The number of fused-ring (bicyclic) bond motifs is 1. The van der Waals surface area contributed by atoms with Gasteiger partial charge >= 0.3 is 6.03 Å². The van der Waals surface area contributed by atoms with Gasteiger partial charge in [0, 0.05) is 32.7 Å². The molecule has 3 rings (SSSR count). The first-order chi connectivity index (χ1) is 11.7. The van der Waals surface area contributed by atoms with Crippen LogP contribution in [0.25, 0.3) is 0 Å². The summed E-state index contributed by atoms with van der Waals surface area (Å²) in [4.78, 5) is 14.0. The van der Waals surface area contributed by atoms with Gasteiger partial charge in [0.1, 0.15) is 0 Å². The van der Waals surface area contributed by atoms with Gasteiger partial charge in [-0.3, -0.25) is 4.90 Å². The van der Waals surface area contributed by atoms with Crippen molar-refractivity contribution in [1.82, 2.24) is 15.5 Å². The van der Waals surface area contributed by atoms with Gasteiger partial charge in [0.25, 0.3) is 0 Å². The minimum absolute atomic E-state index is 0.169. The summed E-state index contributed by atoms with van der Waals surface area (Å²) in [5, 5.41) is 15.8. The Morgan fingerprint density at radius 2 is 2.04 bits per heavy atom. The highest BCUT2D eigenvalue weighted by Gasteiger charge is 2.19. The number of carbonyl (C=O) groups is 1. The topological polar surface area (TPSA) is 64.6 Å². The molecule has 3 N–H and O–H groups in total. The Kier molecular flexibility index (Phi) is 6.10. The molecule has 1 aromatic carbocycles. The fraction of sp³-hybridized carbons (Fsp3) is 0.632. The Morgan fingerprint density at radius 1 is 1.25 bits per heavy atom. The molecule has 1 aromatic rings. The Bertz CT molecular complexity index is 545. The Hall–Kier alpha value is -1.59. The highest BCUT2D eigenvalue weighted by atomic mass is 16.3. The molecule has 1 heterocycles. The molecule has 0 saturated heterocycles. The third-order valence-corrected chi connectivity index (χ3v) is 5.24. The van der Waals surface area contributed by atoms with E-state index in [1.807, 2.05) is 0 Å². The average Bonchev–Trinajstić information content (AvgIpc) is 2.55. The maximum absolute atomic E-state index is 11.7. The van der Waals surface area contributed by atoms with Crippen molar-refractivity contribution < 1.29 is 9.90 Å². The Balaban J connectivity index is 1.31. The number of benzene rings is 1. The van der Waals surface area contributed by atoms with Gasteiger partial charge in [-0.25, -0.2) is 4.79 Å². The number of urea groups is 1. The van der Waals surface area contributed by atoms with E-state index in [4.69, 9.17) is 0 Å². The van der Waals surface area contributed by atoms with Crippen molar-refractivity contribution in [3.8, 4) is 0 Å². The highest BCUT2D eigenvalue weighted by molar-refractivity contribution is 5.73. The zero-order valence-electron chi connectivity index (χ0n) is 14.3. The van der Waals surface area contributed by atoms with Crippen LogP contribution in [-0.2, 0) is 13.0 Å². The normalized spacial score (nSPS) is 19.2. The average molecular weight is 331 g/mol. The van der Waals surface area contributed by atoms with E-state index in [1.165, 1.54) is 30.4 Å². The molecule has 0 radical (unpaired) electrons. The van der Waals surface area contributed by atoms with Crippen LogP contribution in [0.15, 0.2) is 24.3 Å². The summed E-state index contributed by atoms with van der Waals surface area (Å²) in [6.45, 7) is 3.46. The van der Waals surface area contributed by atoms with Gasteiger partial charge in [-0.05, 0) is 29.9 Å². The van der Waals surface area contributed by atoms with E-state index in [2.05, 4.69) is 39.8 Å². The summed E-state index contributed by atoms with van der Waals surface area (Å²) in [5.41, 5.74) is 2.75.